The molecule has 1 aromatic rings. The van der Waals surface area contributed by atoms with Gasteiger partial charge in [-0.05, 0) is 44.3 Å². The van der Waals surface area contributed by atoms with Gasteiger partial charge in [0.1, 0.15) is 0 Å². The summed E-state index contributed by atoms with van der Waals surface area (Å²) in [5.74, 6) is 0. The summed E-state index contributed by atoms with van der Waals surface area (Å²) in [5, 5.41) is 3.67. The summed E-state index contributed by atoms with van der Waals surface area (Å²) in [6, 6.07) is 7.38. The van der Waals surface area contributed by atoms with Gasteiger partial charge in [0.25, 0.3) is 0 Å². The molecule has 0 aliphatic carbocycles. The van der Waals surface area contributed by atoms with E-state index in [4.69, 9.17) is 0 Å². The standard InChI is InChI=1S/C18H30N2/c1-6-19-17(12-20-8-7-18(4,5)13-20)16-10-14(2)9-15(3)11-16/h9-11,17,19H,6-8,12-13H2,1-5H3. The van der Waals surface area contributed by atoms with Crippen LogP contribution in [0.1, 0.15) is 49.9 Å². The van der Waals surface area contributed by atoms with Gasteiger partial charge in [-0.25, -0.2) is 0 Å². The first-order valence-electron chi connectivity index (χ1n) is 7.93. The van der Waals surface area contributed by atoms with Crippen LogP contribution < -0.4 is 5.32 Å². The van der Waals surface area contributed by atoms with Crippen LogP contribution in [0.25, 0.3) is 0 Å². The third kappa shape index (κ3) is 4.07. The molecule has 1 saturated heterocycles. The van der Waals surface area contributed by atoms with E-state index >= 15 is 0 Å². The van der Waals surface area contributed by atoms with Crippen LogP contribution in [0.2, 0.25) is 0 Å². The summed E-state index contributed by atoms with van der Waals surface area (Å²) < 4.78 is 0. The number of rotatable bonds is 5. The second kappa shape index (κ2) is 6.28. The number of benzene rings is 1. The van der Waals surface area contributed by atoms with Crippen LogP contribution in [0.5, 0.6) is 0 Å². The van der Waals surface area contributed by atoms with Crippen molar-refractivity contribution in [3.63, 3.8) is 0 Å². The van der Waals surface area contributed by atoms with Crippen molar-refractivity contribution in [1.82, 2.24) is 10.2 Å². The number of likely N-dealkylation sites (N-methyl/N-ethyl adjacent to an activating group) is 1. The molecule has 0 aromatic heterocycles. The highest BCUT2D eigenvalue weighted by Crippen LogP contribution is 2.30. The Hall–Kier alpha value is -0.860. The average Bonchev–Trinajstić information content (AvgIpc) is 2.67. The molecular weight excluding hydrogens is 244 g/mol. The summed E-state index contributed by atoms with van der Waals surface area (Å²) in [4.78, 5) is 2.62. The fourth-order valence-corrected chi connectivity index (χ4v) is 3.38. The van der Waals surface area contributed by atoms with Crippen molar-refractivity contribution in [3.05, 3.63) is 34.9 Å². The average molecular weight is 274 g/mol. The molecule has 112 valence electrons. The summed E-state index contributed by atoms with van der Waals surface area (Å²) in [6.45, 7) is 16.0. The lowest BCUT2D eigenvalue weighted by Gasteiger charge is -2.26. The minimum Gasteiger partial charge on any atom is -0.309 e. The second-order valence-electron chi connectivity index (χ2n) is 7.18. The summed E-state index contributed by atoms with van der Waals surface area (Å²) in [5.41, 5.74) is 4.66. The van der Waals surface area contributed by atoms with Crippen molar-refractivity contribution in [2.45, 2.75) is 47.1 Å². The molecule has 1 aliphatic rings. The van der Waals surface area contributed by atoms with Crippen molar-refractivity contribution in [3.8, 4) is 0 Å². The Balaban J connectivity index is 2.10. The molecule has 0 saturated carbocycles. The summed E-state index contributed by atoms with van der Waals surface area (Å²) in [7, 11) is 0. The van der Waals surface area contributed by atoms with Crippen molar-refractivity contribution >= 4 is 0 Å². The Labute approximate surface area is 124 Å². The fraction of sp³-hybridized carbons (Fsp3) is 0.667. The molecule has 0 amide bonds. The van der Waals surface area contributed by atoms with Gasteiger partial charge in [-0.3, -0.25) is 0 Å². The smallest absolute Gasteiger partial charge is 0.0449 e. The highest BCUT2D eigenvalue weighted by atomic mass is 15.2. The number of nitrogens with one attached hydrogen (secondary N) is 1. The Morgan fingerprint density at radius 3 is 2.35 bits per heavy atom. The van der Waals surface area contributed by atoms with E-state index in [0.717, 1.165) is 13.1 Å². The molecule has 1 N–H and O–H groups in total. The van der Waals surface area contributed by atoms with Crippen LogP contribution in [-0.2, 0) is 0 Å². The molecule has 0 spiro atoms. The second-order valence-corrected chi connectivity index (χ2v) is 7.18. The van der Waals surface area contributed by atoms with E-state index in [1.807, 2.05) is 0 Å². The zero-order valence-corrected chi connectivity index (χ0v) is 13.8. The number of likely N-dealkylation sites (tertiary alicyclic amines) is 1. The number of hydrogen-bond acceptors (Lipinski definition) is 2. The van der Waals surface area contributed by atoms with Gasteiger partial charge in [-0.1, -0.05) is 50.1 Å². The van der Waals surface area contributed by atoms with Crippen LogP contribution >= 0.6 is 0 Å². The Morgan fingerprint density at radius 1 is 1.20 bits per heavy atom. The van der Waals surface area contributed by atoms with Gasteiger partial charge in [0.2, 0.25) is 0 Å². The molecular formula is C18H30N2. The topological polar surface area (TPSA) is 15.3 Å². The van der Waals surface area contributed by atoms with Gasteiger partial charge in [0.15, 0.2) is 0 Å². The van der Waals surface area contributed by atoms with Gasteiger partial charge in [0.05, 0.1) is 0 Å². The first-order chi connectivity index (χ1) is 9.39. The molecule has 1 unspecified atom stereocenters. The maximum absolute atomic E-state index is 3.67. The first-order valence-corrected chi connectivity index (χ1v) is 7.93. The molecule has 2 rings (SSSR count). The quantitative estimate of drug-likeness (QED) is 0.881. The van der Waals surface area contributed by atoms with E-state index in [-0.39, 0.29) is 0 Å². The first kappa shape index (κ1) is 15.5. The molecule has 1 atom stereocenters. The van der Waals surface area contributed by atoms with E-state index < -0.39 is 0 Å². The van der Waals surface area contributed by atoms with Gasteiger partial charge < -0.3 is 10.2 Å². The molecule has 1 heterocycles. The lowest BCUT2D eigenvalue weighted by atomic mass is 9.93. The molecule has 1 fully saturated rings. The Kier molecular flexibility index (Phi) is 4.87. The molecule has 2 nitrogen and oxygen atoms in total. The molecule has 0 radical (unpaired) electrons. The van der Waals surface area contributed by atoms with Gasteiger partial charge in [0, 0.05) is 19.1 Å². The maximum atomic E-state index is 3.67. The molecule has 2 heteroatoms. The van der Waals surface area contributed by atoms with E-state index in [1.54, 1.807) is 0 Å². The molecule has 1 aliphatic heterocycles. The van der Waals surface area contributed by atoms with Crippen LogP contribution in [0.4, 0.5) is 0 Å². The van der Waals surface area contributed by atoms with Crippen LogP contribution in [0.15, 0.2) is 18.2 Å². The fourth-order valence-electron chi connectivity index (χ4n) is 3.38. The summed E-state index contributed by atoms with van der Waals surface area (Å²) >= 11 is 0. The van der Waals surface area contributed by atoms with Crippen molar-refractivity contribution in [2.24, 2.45) is 5.41 Å². The zero-order valence-electron chi connectivity index (χ0n) is 13.8. The minimum absolute atomic E-state index is 0.451. The maximum Gasteiger partial charge on any atom is 0.0449 e. The number of nitrogens with zero attached hydrogens (tertiary/aromatic N) is 1. The molecule has 20 heavy (non-hydrogen) atoms. The zero-order chi connectivity index (χ0) is 14.8. The van der Waals surface area contributed by atoms with Gasteiger partial charge >= 0.3 is 0 Å². The highest BCUT2D eigenvalue weighted by Gasteiger charge is 2.30. The predicted molar refractivity (Wildman–Crippen MR) is 87.2 cm³/mol. The van der Waals surface area contributed by atoms with Crippen molar-refractivity contribution < 1.29 is 0 Å². The van der Waals surface area contributed by atoms with Crippen molar-refractivity contribution in [1.29, 1.82) is 0 Å². The summed E-state index contributed by atoms with van der Waals surface area (Å²) in [6.07, 6.45) is 1.32. The molecule has 0 bridgehead atoms. The molecule has 1 aromatic carbocycles. The van der Waals surface area contributed by atoms with Crippen LogP contribution in [0, 0.1) is 19.3 Å². The van der Waals surface area contributed by atoms with E-state index in [2.05, 4.69) is 63.0 Å². The largest absolute Gasteiger partial charge is 0.309 e. The van der Waals surface area contributed by atoms with E-state index in [1.165, 1.54) is 36.2 Å². The van der Waals surface area contributed by atoms with Gasteiger partial charge in [-0.2, -0.15) is 0 Å². The highest BCUT2D eigenvalue weighted by molar-refractivity contribution is 5.31. The van der Waals surface area contributed by atoms with E-state index in [9.17, 15) is 0 Å². The van der Waals surface area contributed by atoms with Crippen molar-refractivity contribution in [2.75, 3.05) is 26.2 Å². The third-order valence-corrected chi connectivity index (χ3v) is 4.29. The van der Waals surface area contributed by atoms with Crippen LogP contribution in [0.3, 0.4) is 0 Å². The normalized spacial score (nSPS) is 20.2. The lowest BCUT2D eigenvalue weighted by molar-refractivity contribution is 0.262. The monoisotopic (exact) mass is 274 g/mol. The minimum atomic E-state index is 0.451. The van der Waals surface area contributed by atoms with Crippen LogP contribution in [-0.4, -0.2) is 31.1 Å². The predicted octanol–water partition coefficient (Wildman–Crippen LogP) is 3.69. The number of hydrogen-bond donors (Lipinski definition) is 1. The lowest BCUT2D eigenvalue weighted by Crippen LogP contribution is -2.34. The third-order valence-electron chi connectivity index (χ3n) is 4.29. The Bertz CT molecular complexity index is 430. The van der Waals surface area contributed by atoms with E-state index in [0.29, 0.717) is 11.5 Å². The van der Waals surface area contributed by atoms with Gasteiger partial charge in [-0.15, -0.1) is 0 Å². The SMILES string of the molecule is CCNC(CN1CCC(C)(C)C1)c1cc(C)cc(C)c1. The Morgan fingerprint density at radius 2 is 1.85 bits per heavy atom. The number of aryl methyl sites for hydroxylation is 2.